The van der Waals surface area contributed by atoms with Crippen LogP contribution >= 0.6 is 0 Å². The quantitative estimate of drug-likeness (QED) is 0.656. The van der Waals surface area contributed by atoms with Crippen molar-refractivity contribution in [3.05, 3.63) is 34.2 Å². The van der Waals surface area contributed by atoms with Gasteiger partial charge in [0, 0.05) is 12.3 Å². The number of amides is 1. The third-order valence-electron chi connectivity index (χ3n) is 1.73. The number of rotatable bonds is 3. The van der Waals surface area contributed by atoms with Gasteiger partial charge in [-0.2, -0.15) is 0 Å². The Balaban J connectivity index is 3.10. The summed E-state index contributed by atoms with van der Waals surface area (Å²) in [7, 11) is 1.23. The summed E-state index contributed by atoms with van der Waals surface area (Å²) in [5.74, 6) is -1.23. The molecule has 0 unspecified atom stereocenters. The van der Waals surface area contributed by atoms with Gasteiger partial charge >= 0.3 is 5.97 Å². The number of primary amides is 1. The van der Waals surface area contributed by atoms with Gasteiger partial charge in [0.15, 0.2) is 0 Å². The second kappa shape index (κ2) is 4.41. The minimum atomic E-state index is -0.654. The Labute approximate surface area is 85.3 Å². The predicted octanol–water partition coefficient (Wildman–Crippen LogP) is -0.880. The van der Waals surface area contributed by atoms with Crippen LogP contribution in [0.1, 0.15) is 10.4 Å². The molecule has 0 atom stereocenters. The van der Waals surface area contributed by atoms with Crippen LogP contribution in [-0.4, -0.2) is 23.6 Å². The number of esters is 1. The maximum absolute atomic E-state index is 11.2. The Morgan fingerprint density at radius 3 is 2.67 bits per heavy atom. The summed E-state index contributed by atoms with van der Waals surface area (Å²) >= 11 is 0. The van der Waals surface area contributed by atoms with E-state index in [-0.39, 0.29) is 12.1 Å². The topological polar surface area (TPSA) is 91.4 Å². The Morgan fingerprint density at radius 1 is 1.47 bits per heavy atom. The number of ether oxygens (including phenoxy) is 1. The average molecular weight is 210 g/mol. The molecule has 0 spiro atoms. The maximum atomic E-state index is 11.2. The summed E-state index contributed by atoms with van der Waals surface area (Å²) in [5.41, 5.74) is 4.73. The molecule has 1 aromatic heterocycles. The molecule has 0 aliphatic heterocycles. The number of aromatic nitrogens is 1. The van der Waals surface area contributed by atoms with E-state index in [4.69, 9.17) is 5.73 Å². The molecule has 6 nitrogen and oxygen atoms in total. The molecule has 0 fully saturated rings. The second-order valence-corrected chi connectivity index (χ2v) is 2.84. The molecule has 0 saturated heterocycles. The van der Waals surface area contributed by atoms with Gasteiger partial charge in [-0.05, 0) is 6.07 Å². The standard InChI is InChI=1S/C9H10N2O4/c1-15-9(14)6-2-3-8(13)11(4-6)5-7(10)12/h2-4H,5H2,1H3,(H2,10,12). The Bertz CT molecular complexity index is 450. The summed E-state index contributed by atoms with van der Waals surface area (Å²) in [6.45, 7) is -0.260. The number of carbonyl (C=O) groups excluding carboxylic acids is 2. The fraction of sp³-hybridized carbons (Fsp3) is 0.222. The van der Waals surface area contributed by atoms with Crippen molar-refractivity contribution in [3.63, 3.8) is 0 Å². The summed E-state index contributed by atoms with van der Waals surface area (Å²) in [6, 6.07) is 2.50. The van der Waals surface area contributed by atoms with Crippen molar-refractivity contribution in [2.75, 3.05) is 7.11 Å². The largest absolute Gasteiger partial charge is 0.465 e. The summed E-state index contributed by atoms with van der Waals surface area (Å²) in [6.07, 6.45) is 1.24. The zero-order chi connectivity index (χ0) is 11.4. The number of nitrogens with zero attached hydrogens (tertiary/aromatic N) is 1. The van der Waals surface area contributed by atoms with Gasteiger partial charge in [-0.1, -0.05) is 0 Å². The fourth-order valence-electron chi connectivity index (χ4n) is 1.06. The van der Waals surface area contributed by atoms with Gasteiger partial charge < -0.3 is 15.0 Å². The zero-order valence-corrected chi connectivity index (χ0v) is 8.10. The molecule has 0 aliphatic rings. The molecule has 0 saturated carbocycles. The molecule has 1 amide bonds. The number of nitrogens with two attached hydrogens (primary N) is 1. The van der Waals surface area contributed by atoms with Gasteiger partial charge in [0.2, 0.25) is 5.91 Å². The maximum Gasteiger partial charge on any atom is 0.339 e. The second-order valence-electron chi connectivity index (χ2n) is 2.84. The molecule has 1 rings (SSSR count). The van der Waals surface area contributed by atoms with E-state index in [1.807, 2.05) is 0 Å². The molecular formula is C9H10N2O4. The van der Waals surface area contributed by atoms with Crippen LogP contribution in [0.4, 0.5) is 0 Å². The minimum absolute atomic E-state index is 0.193. The van der Waals surface area contributed by atoms with E-state index in [9.17, 15) is 14.4 Å². The van der Waals surface area contributed by atoms with Gasteiger partial charge in [-0.15, -0.1) is 0 Å². The van der Waals surface area contributed by atoms with Gasteiger partial charge in [0.05, 0.1) is 12.7 Å². The highest BCUT2D eigenvalue weighted by molar-refractivity contribution is 5.88. The Morgan fingerprint density at radius 2 is 2.13 bits per heavy atom. The van der Waals surface area contributed by atoms with Crippen LogP contribution in [0.15, 0.2) is 23.1 Å². The first-order valence-electron chi connectivity index (χ1n) is 4.11. The lowest BCUT2D eigenvalue weighted by Crippen LogP contribution is -2.27. The fourth-order valence-corrected chi connectivity index (χ4v) is 1.06. The highest BCUT2D eigenvalue weighted by Gasteiger charge is 2.08. The molecule has 0 radical (unpaired) electrons. The van der Waals surface area contributed by atoms with Crippen molar-refractivity contribution in [2.24, 2.45) is 5.73 Å². The third kappa shape index (κ3) is 2.67. The third-order valence-corrected chi connectivity index (χ3v) is 1.73. The van der Waals surface area contributed by atoms with Gasteiger partial charge in [-0.25, -0.2) is 4.79 Å². The van der Waals surface area contributed by atoms with Crippen molar-refractivity contribution >= 4 is 11.9 Å². The van der Waals surface area contributed by atoms with Gasteiger partial charge in [-0.3, -0.25) is 9.59 Å². The first-order valence-corrected chi connectivity index (χ1v) is 4.11. The molecule has 80 valence electrons. The molecule has 1 aromatic rings. The van der Waals surface area contributed by atoms with E-state index in [0.717, 1.165) is 4.57 Å². The van der Waals surface area contributed by atoms with E-state index in [1.54, 1.807) is 0 Å². The molecule has 6 heteroatoms. The van der Waals surface area contributed by atoms with Crippen molar-refractivity contribution in [3.8, 4) is 0 Å². The first-order chi connectivity index (χ1) is 7.04. The lowest BCUT2D eigenvalue weighted by Gasteiger charge is -2.04. The monoisotopic (exact) mass is 210 g/mol. The normalized spacial score (nSPS) is 9.67. The van der Waals surface area contributed by atoms with E-state index in [0.29, 0.717) is 0 Å². The van der Waals surface area contributed by atoms with Crippen molar-refractivity contribution < 1.29 is 14.3 Å². The molecular weight excluding hydrogens is 200 g/mol. The highest BCUT2D eigenvalue weighted by Crippen LogP contribution is 1.97. The summed E-state index contributed by atoms with van der Waals surface area (Å²) in [5, 5.41) is 0. The molecule has 2 N–H and O–H groups in total. The van der Waals surface area contributed by atoms with Crippen LogP contribution in [0, 0.1) is 0 Å². The first kappa shape index (κ1) is 11.0. The number of pyridine rings is 1. The minimum Gasteiger partial charge on any atom is -0.465 e. The van der Waals surface area contributed by atoms with Crippen LogP contribution in [0.3, 0.4) is 0 Å². The Hall–Kier alpha value is -2.11. The lowest BCUT2D eigenvalue weighted by molar-refractivity contribution is -0.118. The van der Waals surface area contributed by atoms with Crippen molar-refractivity contribution in [2.45, 2.75) is 6.54 Å². The molecule has 1 heterocycles. The average Bonchev–Trinajstić information content (AvgIpc) is 2.19. The molecule has 0 bridgehead atoms. The van der Waals surface area contributed by atoms with Gasteiger partial charge in [0.25, 0.3) is 5.56 Å². The van der Waals surface area contributed by atoms with Crippen LogP contribution in [0.5, 0.6) is 0 Å². The van der Waals surface area contributed by atoms with Crippen LogP contribution in [0.2, 0.25) is 0 Å². The number of hydrogen-bond donors (Lipinski definition) is 1. The Kier molecular flexibility index (Phi) is 3.22. The number of hydrogen-bond acceptors (Lipinski definition) is 4. The molecule has 0 aliphatic carbocycles. The van der Waals surface area contributed by atoms with Crippen LogP contribution in [0.25, 0.3) is 0 Å². The van der Waals surface area contributed by atoms with Crippen molar-refractivity contribution in [1.82, 2.24) is 4.57 Å². The SMILES string of the molecule is COC(=O)c1ccc(=O)n(CC(N)=O)c1. The highest BCUT2D eigenvalue weighted by atomic mass is 16.5. The van der Waals surface area contributed by atoms with E-state index in [1.165, 1.54) is 25.4 Å². The number of carbonyl (C=O) groups is 2. The van der Waals surface area contributed by atoms with Crippen LogP contribution in [-0.2, 0) is 16.1 Å². The molecule has 15 heavy (non-hydrogen) atoms. The van der Waals surface area contributed by atoms with E-state index >= 15 is 0 Å². The van der Waals surface area contributed by atoms with Crippen LogP contribution < -0.4 is 11.3 Å². The van der Waals surface area contributed by atoms with Crippen molar-refractivity contribution in [1.29, 1.82) is 0 Å². The zero-order valence-electron chi connectivity index (χ0n) is 8.10. The smallest absolute Gasteiger partial charge is 0.339 e. The lowest BCUT2D eigenvalue weighted by atomic mass is 10.3. The van der Waals surface area contributed by atoms with E-state index < -0.39 is 17.4 Å². The predicted molar refractivity (Wildman–Crippen MR) is 51.2 cm³/mol. The molecule has 0 aromatic carbocycles. The summed E-state index contributed by atoms with van der Waals surface area (Å²) < 4.78 is 5.52. The van der Waals surface area contributed by atoms with Gasteiger partial charge in [0.1, 0.15) is 6.54 Å². The summed E-state index contributed by atoms with van der Waals surface area (Å²) in [4.78, 5) is 32.9. The van der Waals surface area contributed by atoms with E-state index in [2.05, 4.69) is 4.74 Å². The number of methoxy groups -OCH3 is 1.